The Kier molecular flexibility index (Phi) is 46.7. The normalized spacial score (nSPS) is 14.0. The lowest BCUT2D eigenvalue weighted by Gasteiger charge is -2.24. The van der Waals surface area contributed by atoms with Gasteiger partial charge in [0, 0.05) is 6.42 Å². The maximum atomic E-state index is 13.2. The minimum absolute atomic E-state index is 0.0348. The first-order chi connectivity index (χ1) is 30.5. The minimum atomic E-state index is -0.807. The number of carbonyl (C=O) groups is 2. The van der Waals surface area contributed by atoms with Crippen molar-refractivity contribution in [3.05, 3.63) is 85.1 Å². The molecule has 356 valence electrons. The largest absolute Gasteiger partial charge is 0.462 e. The number of carbonyl (C=O) groups excluding carboxylic acids is 2. The Morgan fingerprint density at radius 3 is 1.35 bits per heavy atom. The summed E-state index contributed by atoms with van der Waals surface area (Å²) >= 11 is 0. The molecule has 0 saturated heterocycles. The molecule has 0 bridgehead atoms. The number of unbranched alkanes of at least 4 members (excludes halogenated alkanes) is 19. The second-order valence-electron chi connectivity index (χ2n) is 17.2. The molecule has 3 atom stereocenters. The summed E-state index contributed by atoms with van der Waals surface area (Å²) in [5, 5.41) is 23.7. The van der Waals surface area contributed by atoms with Gasteiger partial charge in [0.2, 0.25) is 5.91 Å². The maximum absolute atomic E-state index is 13.2. The van der Waals surface area contributed by atoms with E-state index in [2.05, 4.69) is 111 Å². The third kappa shape index (κ3) is 43.7. The molecule has 0 aromatic heterocycles. The molecule has 0 spiro atoms. The van der Waals surface area contributed by atoms with Gasteiger partial charge >= 0.3 is 5.97 Å². The molecule has 0 radical (unpaired) electrons. The number of aliphatic hydroxyl groups excluding tert-OH is 2. The van der Waals surface area contributed by atoms with E-state index < -0.39 is 18.2 Å². The van der Waals surface area contributed by atoms with Crippen LogP contribution in [0.15, 0.2) is 85.1 Å². The smallest absolute Gasteiger partial charge is 0.306 e. The van der Waals surface area contributed by atoms with Crippen molar-refractivity contribution < 1.29 is 24.5 Å². The first kappa shape index (κ1) is 59.0. The van der Waals surface area contributed by atoms with Gasteiger partial charge in [-0.05, 0) is 103 Å². The summed E-state index contributed by atoms with van der Waals surface area (Å²) in [7, 11) is 0. The summed E-state index contributed by atoms with van der Waals surface area (Å²) in [4.78, 5) is 26.1. The van der Waals surface area contributed by atoms with Gasteiger partial charge < -0.3 is 20.3 Å². The van der Waals surface area contributed by atoms with Crippen molar-refractivity contribution in [2.75, 3.05) is 6.61 Å². The van der Waals surface area contributed by atoms with Crippen LogP contribution in [-0.4, -0.2) is 46.9 Å². The summed E-state index contributed by atoms with van der Waals surface area (Å²) in [5.74, 6) is -0.553. The van der Waals surface area contributed by atoms with Gasteiger partial charge in [-0.1, -0.05) is 202 Å². The molecule has 3 unspecified atom stereocenters. The molecule has 0 aliphatic rings. The van der Waals surface area contributed by atoms with Gasteiger partial charge in [-0.15, -0.1) is 0 Å². The van der Waals surface area contributed by atoms with E-state index in [1.807, 2.05) is 0 Å². The highest BCUT2D eigenvalue weighted by Crippen LogP contribution is 2.17. The molecule has 0 heterocycles. The van der Waals surface area contributed by atoms with Crippen LogP contribution >= 0.6 is 0 Å². The van der Waals surface area contributed by atoms with Crippen molar-refractivity contribution in [2.45, 2.75) is 251 Å². The highest BCUT2D eigenvalue weighted by Gasteiger charge is 2.24. The van der Waals surface area contributed by atoms with Crippen LogP contribution in [0.5, 0.6) is 0 Å². The fourth-order valence-corrected chi connectivity index (χ4v) is 7.31. The number of hydrogen-bond donors (Lipinski definition) is 3. The number of ether oxygens (including phenoxy) is 1. The van der Waals surface area contributed by atoms with E-state index in [1.165, 1.54) is 83.5 Å². The zero-order valence-electron chi connectivity index (χ0n) is 40.5. The Bertz CT molecular complexity index is 1200. The van der Waals surface area contributed by atoms with Crippen molar-refractivity contribution in [1.29, 1.82) is 0 Å². The lowest BCUT2D eigenvalue weighted by Crippen LogP contribution is -2.46. The lowest BCUT2D eigenvalue weighted by atomic mass is 10.0. The van der Waals surface area contributed by atoms with E-state index in [0.717, 1.165) is 103 Å². The molecule has 1 amide bonds. The Morgan fingerprint density at radius 1 is 0.484 bits per heavy atom. The fraction of sp³-hybridized carbons (Fsp3) is 0.714. The molecule has 0 aromatic rings. The van der Waals surface area contributed by atoms with E-state index in [-0.39, 0.29) is 24.9 Å². The zero-order valence-corrected chi connectivity index (χ0v) is 40.5. The average Bonchev–Trinajstić information content (AvgIpc) is 3.26. The predicted octanol–water partition coefficient (Wildman–Crippen LogP) is 15.6. The Hall–Kier alpha value is -2.96. The number of esters is 1. The topological polar surface area (TPSA) is 95.9 Å². The van der Waals surface area contributed by atoms with E-state index in [9.17, 15) is 19.8 Å². The molecular weight excluding hydrogens is 767 g/mol. The molecule has 0 aliphatic heterocycles. The van der Waals surface area contributed by atoms with Crippen LogP contribution in [0, 0.1) is 0 Å². The molecule has 0 saturated carbocycles. The van der Waals surface area contributed by atoms with Crippen LogP contribution in [0.2, 0.25) is 0 Å². The van der Waals surface area contributed by atoms with Crippen LogP contribution in [0.1, 0.15) is 233 Å². The number of nitrogens with one attached hydrogen (secondary N) is 1. The van der Waals surface area contributed by atoms with Crippen molar-refractivity contribution >= 4 is 11.9 Å². The third-order valence-corrected chi connectivity index (χ3v) is 11.2. The molecule has 0 aliphatic carbocycles. The molecule has 0 fully saturated rings. The second kappa shape index (κ2) is 49.1. The van der Waals surface area contributed by atoms with E-state index in [4.69, 9.17) is 4.74 Å². The number of allylic oxidation sites excluding steroid dienone is 14. The van der Waals surface area contributed by atoms with E-state index >= 15 is 0 Å². The van der Waals surface area contributed by atoms with Crippen molar-refractivity contribution in [2.24, 2.45) is 0 Å². The Morgan fingerprint density at radius 2 is 0.871 bits per heavy atom. The number of rotatable bonds is 45. The van der Waals surface area contributed by atoms with E-state index in [1.54, 1.807) is 0 Å². The lowest BCUT2D eigenvalue weighted by molar-refractivity contribution is -0.151. The Balaban J connectivity index is 4.73. The second-order valence-corrected chi connectivity index (χ2v) is 17.2. The van der Waals surface area contributed by atoms with Gasteiger partial charge in [0.15, 0.2) is 0 Å². The van der Waals surface area contributed by atoms with Crippen LogP contribution in [-0.2, 0) is 14.3 Å². The first-order valence-electron chi connectivity index (χ1n) is 25.8. The van der Waals surface area contributed by atoms with Gasteiger partial charge in [-0.25, -0.2) is 0 Å². The molecule has 62 heavy (non-hydrogen) atoms. The first-order valence-corrected chi connectivity index (χ1v) is 25.8. The number of hydrogen-bond acceptors (Lipinski definition) is 5. The van der Waals surface area contributed by atoms with Gasteiger partial charge in [-0.3, -0.25) is 9.59 Å². The molecular formula is C56H97NO5. The SMILES string of the molecule is CC/C=C/C/C=C/C/C=C/C/C=C/CCCCCC(=O)OC(CCCC/C=C\C/C=C\C/C=C\CCCCC)CC(=O)NC(CO)C(O)CCCCCCCCCCCCCC. The predicted molar refractivity (Wildman–Crippen MR) is 268 cm³/mol. The standard InChI is InChI=1S/C56H97NO5/c1-4-7-10-13-16-19-22-25-27-29-31-34-37-40-43-46-49-56(61)62-52(47-44-41-38-35-32-30-28-26-23-20-17-14-11-8-5-2)50-55(60)57-53(51-58)54(59)48-45-42-39-36-33-24-21-18-15-12-9-6-3/h7,10,16-17,19-20,25-28,31-32,34-35,52-54,58-59H,4-6,8-9,11-15,18,21-24,29-30,33,36-51H2,1-3H3,(H,57,60)/b10-7+,19-16+,20-17-,27-25+,28-26-,34-31+,35-32-. The van der Waals surface area contributed by atoms with Gasteiger partial charge in [0.05, 0.1) is 25.2 Å². The minimum Gasteiger partial charge on any atom is -0.462 e. The maximum Gasteiger partial charge on any atom is 0.306 e. The summed E-state index contributed by atoms with van der Waals surface area (Å²) in [5.41, 5.74) is 0. The average molecular weight is 864 g/mol. The van der Waals surface area contributed by atoms with Gasteiger partial charge in [0.25, 0.3) is 0 Å². The van der Waals surface area contributed by atoms with Crippen LogP contribution < -0.4 is 5.32 Å². The molecule has 6 heteroatoms. The highest BCUT2D eigenvalue weighted by atomic mass is 16.5. The van der Waals surface area contributed by atoms with Crippen molar-refractivity contribution in [1.82, 2.24) is 5.32 Å². The third-order valence-electron chi connectivity index (χ3n) is 11.2. The van der Waals surface area contributed by atoms with Crippen molar-refractivity contribution in [3.8, 4) is 0 Å². The van der Waals surface area contributed by atoms with Gasteiger partial charge in [-0.2, -0.15) is 0 Å². The highest BCUT2D eigenvalue weighted by molar-refractivity contribution is 5.77. The van der Waals surface area contributed by atoms with Gasteiger partial charge in [0.1, 0.15) is 6.10 Å². The van der Waals surface area contributed by atoms with Crippen molar-refractivity contribution in [3.63, 3.8) is 0 Å². The van der Waals surface area contributed by atoms with Crippen LogP contribution in [0.25, 0.3) is 0 Å². The monoisotopic (exact) mass is 864 g/mol. The molecule has 0 rings (SSSR count). The molecule has 0 aromatic carbocycles. The fourth-order valence-electron chi connectivity index (χ4n) is 7.31. The summed E-state index contributed by atoms with van der Waals surface area (Å²) < 4.78 is 5.90. The van der Waals surface area contributed by atoms with Crippen LogP contribution in [0.4, 0.5) is 0 Å². The molecule has 3 N–H and O–H groups in total. The number of amides is 1. The summed E-state index contributed by atoms with van der Waals surface area (Å²) in [6, 6.07) is -0.724. The quantitative estimate of drug-likeness (QED) is 0.0322. The van der Waals surface area contributed by atoms with Crippen LogP contribution in [0.3, 0.4) is 0 Å². The number of aliphatic hydroxyl groups is 2. The summed E-state index contributed by atoms with van der Waals surface area (Å²) in [6.07, 6.45) is 63.5. The zero-order chi connectivity index (χ0) is 45.2. The van der Waals surface area contributed by atoms with E-state index in [0.29, 0.717) is 19.3 Å². The Labute approximate surface area is 383 Å². The molecule has 6 nitrogen and oxygen atoms in total. The summed E-state index contributed by atoms with van der Waals surface area (Å²) in [6.45, 7) is 6.31.